The second-order valence-corrected chi connectivity index (χ2v) is 4.86. The summed E-state index contributed by atoms with van der Waals surface area (Å²) >= 11 is 6.16. The molecule has 0 atom stereocenters. The Morgan fingerprint density at radius 3 is 2.71 bits per heavy atom. The Labute approximate surface area is 128 Å². The first kappa shape index (κ1) is 15.2. The van der Waals surface area contributed by atoms with Crippen LogP contribution in [-0.2, 0) is 6.54 Å². The fourth-order valence-electron chi connectivity index (χ4n) is 1.93. The maximum Gasteiger partial charge on any atom is 0.248 e. The summed E-state index contributed by atoms with van der Waals surface area (Å²) in [6, 6.07) is 12.7. The Morgan fingerprint density at radius 2 is 2.05 bits per heavy atom. The lowest BCUT2D eigenvalue weighted by atomic mass is 10.1. The zero-order valence-corrected chi connectivity index (χ0v) is 12.5. The molecule has 0 aliphatic carbocycles. The summed E-state index contributed by atoms with van der Waals surface area (Å²) in [6.07, 6.45) is 0. The molecule has 4 nitrogen and oxygen atoms in total. The third kappa shape index (κ3) is 3.89. The van der Waals surface area contributed by atoms with E-state index in [1.54, 1.807) is 18.2 Å². The van der Waals surface area contributed by atoms with Gasteiger partial charge in [-0.1, -0.05) is 29.8 Å². The second-order valence-electron chi connectivity index (χ2n) is 4.45. The van der Waals surface area contributed by atoms with E-state index in [0.717, 1.165) is 17.0 Å². The number of nitrogens with one attached hydrogen (secondary N) is 1. The van der Waals surface area contributed by atoms with Crippen molar-refractivity contribution >= 4 is 23.2 Å². The molecular weight excluding hydrogens is 288 g/mol. The van der Waals surface area contributed by atoms with Crippen LogP contribution in [0.15, 0.2) is 42.5 Å². The first-order valence-electron chi connectivity index (χ1n) is 6.65. The number of halogens is 1. The maximum absolute atomic E-state index is 11.1. The van der Waals surface area contributed by atoms with E-state index in [1.807, 2.05) is 31.2 Å². The molecule has 0 fully saturated rings. The largest absolute Gasteiger partial charge is 0.492 e. The highest BCUT2D eigenvalue weighted by Gasteiger charge is 2.07. The number of anilines is 1. The Bertz CT molecular complexity index is 644. The Kier molecular flexibility index (Phi) is 5.06. The quantitative estimate of drug-likeness (QED) is 0.859. The Balaban J connectivity index is 2.11. The van der Waals surface area contributed by atoms with Gasteiger partial charge in [0.05, 0.1) is 12.3 Å². The van der Waals surface area contributed by atoms with Crippen molar-refractivity contribution in [3.05, 3.63) is 58.6 Å². The van der Waals surface area contributed by atoms with Crippen LogP contribution >= 0.6 is 11.6 Å². The summed E-state index contributed by atoms with van der Waals surface area (Å²) in [5.41, 5.74) is 7.40. The maximum atomic E-state index is 11.1. The molecule has 1 amide bonds. The van der Waals surface area contributed by atoms with Crippen LogP contribution < -0.4 is 15.8 Å². The lowest BCUT2D eigenvalue weighted by Crippen LogP contribution is -2.11. The number of primary amides is 1. The molecule has 0 spiro atoms. The minimum Gasteiger partial charge on any atom is -0.492 e. The normalized spacial score (nSPS) is 10.2. The van der Waals surface area contributed by atoms with Gasteiger partial charge in [-0.05, 0) is 36.8 Å². The smallest absolute Gasteiger partial charge is 0.248 e. The van der Waals surface area contributed by atoms with Crippen molar-refractivity contribution in [1.82, 2.24) is 0 Å². The van der Waals surface area contributed by atoms with Crippen LogP contribution in [-0.4, -0.2) is 12.5 Å². The molecule has 3 N–H and O–H groups in total. The Hall–Kier alpha value is -2.20. The molecule has 0 heterocycles. The zero-order chi connectivity index (χ0) is 15.2. The van der Waals surface area contributed by atoms with Crippen LogP contribution in [0, 0.1) is 0 Å². The van der Waals surface area contributed by atoms with Crippen LogP contribution in [0.5, 0.6) is 5.75 Å². The molecule has 0 aliphatic heterocycles. The number of benzene rings is 2. The van der Waals surface area contributed by atoms with Crippen molar-refractivity contribution in [2.45, 2.75) is 13.5 Å². The summed E-state index contributed by atoms with van der Waals surface area (Å²) in [5, 5.41) is 3.79. The summed E-state index contributed by atoms with van der Waals surface area (Å²) in [4.78, 5) is 11.1. The molecular formula is C16H17ClN2O2. The van der Waals surface area contributed by atoms with E-state index in [1.165, 1.54) is 0 Å². The van der Waals surface area contributed by atoms with E-state index in [9.17, 15) is 4.79 Å². The first-order valence-corrected chi connectivity index (χ1v) is 7.03. The summed E-state index contributed by atoms with van der Waals surface area (Å²) in [5.74, 6) is 0.308. The van der Waals surface area contributed by atoms with Gasteiger partial charge in [0, 0.05) is 17.1 Å². The van der Waals surface area contributed by atoms with Crippen LogP contribution in [0.1, 0.15) is 22.8 Å². The lowest BCUT2D eigenvalue weighted by molar-refractivity contribution is 0.100. The molecule has 2 aromatic carbocycles. The summed E-state index contributed by atoms with van der Waals surface area (Å²) < 4.78 is 5.55. The monoisotopic (exact) mass is 304 g/mol. The molecule has 0 bridgehead atoms. The highest BCUT2D eigenvalue weighted by Crippen LogP contribution is 2.25. The number of hydrogen-bond donors (Lipinski definition) is 2. The van der Waals surface area contributed by atoms with Crippen LogP contribution in [0.4, 0.5) is 5.69 Å². The van der Waals surface area contributed by atoms with E-state index < -0.39 is 5.91 Å². The zero-order valence-electron chi connectivity index (χ0n) is 11.7. The third-order valence-corrected chi connectivity index (χ3v) is 3.35. The predicted molar refractivity (Wildman–Crippen MR) is 84.9 cm³/mol. The van der Waals surface area contributed by atoms with Crippen molar-refractivity contribution < 1.29 is 9.53 Å². The van der Waals surface area contributed by atoms with Crippen molar-refractivity contribution in [3.8, 4) is 5.75 Å². The van der Waals surface area contributed by atoms with Gasteiger partial charge in [0.25, 0.3) is 0 Å². The number of carbonyl (C=O) groups excluding carboxylic acids is 1. The molecule has 0 unspecified atom stereocenters. The van der Waals surface area contributed by atoms with E-state index in [4.69, 9.17) is 22.1 Å². The van der Waals surface area contributed by atoms with Crippen LogP contribution in [0.3, 0.4) is 0 Å². The average molecular weight is 305 g/mol. The van der Waals surface area contributed by atoms with E-state index >= 15 is 0 Å². The van der Waals surface area contributed by atoms with Gasteiger partial charge in [0.1, 0.15) is 5.75 Å². The number of nitrogens with two attached hydrogens (primary N) is 1. The number of hydrogen-bond acceptors (Lipinski definition) is 3. The highest BCUT2D eigenvalue weighted by molar-refractivity contribution is 6.31. The molecule has 2 rings (SSSR count). The molecule has 21 heavy (non-hydrogen) atoms. The van der Waals surface area contributed by atoms with Gasteiger partial charge in [0.15, 0.2) is 0 Å². The number of ether oxygens (including phenoxy) is 1. The summed E-state index contributed by atoms with van der Waals surface area (Å²) in [6.45, 7) is 3.07. The first-order chi connectivity index (χ1) is 10.1. The Morgan fingerprint density at radius 1 is 1.29 bits per heavy atom. The van der Waals surface area contributed by atoms with Gasteiger partial charge in [-0.2, -0.15) is 0 Å². The van der Waals surface area contributed by atoms with Crippen molar-refractivity contribution in [2.24, 2.45) is 5.73 Å². The summed E-state index contributed by atoms with van der Waals surface area (Å²) in [7, 11) is 0. The van der Waals surface area contributed by atoms with Gasteiger partial charge < -0.3 is 15.8 Å². The minimum atomic E-state index is -0.488. The topological polar surface area (TPSA) is 64.3 Å². The molecule has 0 saturated carbocycles. The lowest BCUT2D eigenvalue weighted by Gasteiger charge is -2.13. The minimum absolute atomic E-state index is 0.401. The number of rotatable bonds is 6. The molecule has 0 aromatic heterocycles. The van der Waals surface area contributed by atoms with Crippen molar-refractivity contribution in [3.63, 3.8) is 0 Å². The molecule has 110 valence electrons. The van der Waals surface area contributed by atoms with Gasteiger partial charge >= 0.3 is 0 Å². The highest BCUT2D eigenvalue weighted by atomic mass is 35.5. The van der Waals surface area contributed by atoms with Gasteiger partial charge in [0.2, 0.25) is 5.91 Å². The average Bonchev–Trinajstić information content (AvgIpc) is 2.47. The fourth-order valence-corrected chi connectivity index (χ4v) is 2.18. The molecule has 0 saturated heterocycles. The molecule has 5 heteroatoms. The number of amides is 1. The molecule has 0 radical (unpaired) electrons. The van der Waals surface area contributed by atoms with Gasteiger partial charge in [-0.25, -0.2) is 0 Å². The number of carbonyl (C=O) groups is 1. The SMILES string of the molecule is CCOc1ccccc1NCc1ccc(C(N)=O)cc1Cl. The van der Waals surface area contributed by atoms with Gasteiger partial charge in [-0.3, -0.25) is 4.79 Å². The number of para-hydroxylation sites is 2. The van der Waals surface area contributed by atoms with Crippen molar-refractivity contribution in [1.29, 1.82) is 0 Å². The second kappa shape index (κ2) is 6.99. The van der Waals surface area contributed by atoms with Gasteiger partial charge in [-0.15, -0.1) is 0 Å². The van der Waals surface area contributed by atoms with E-state index in [0.29, 0.717) is 23.7 Å². The standard InChI is InChI=1S/C16H17ClN2O2/c1-2-21-15-6-4-3-5-14(15)19-10-12-8-7-11(16(18)20)9-13(12)17/h3-9,19H,2,10H2,1H3,(H2,18,20). The molecule has 0 aliphatic rings. The van der Waals surface area contributed by atoms with Crippen LogP contribution in [0.2, 0.25) is 5.02 Å². The van der Waals surface area contributed by atoms with E-state index in [2.05, 4.69) is 5.32 Å². The fraction of sp³-hybridized carbons (Fsp3) is 0.188. The van der Waals surface area contributed by atoms with Crippen molar-refractivity contribution in [2.75, 3.05) is 11.9 Å². The van der Waals surface area contributed by atoms with Crippen LogP contribution in [0.25, 0.3) is 0 Å². The molecule has 2 aromatic rings. The predicted octanol–water partition coefficient (Wildman–Crippen LogP) is 3.45. The van der Waals surface area contributed by atoms with E-state index in [-0.39, 0.29) is 0 Å². The third-order valence-electron chi connectivity index (χ3n) is 2.99.